The van der Waals surface area contributed by atoms with Gasteiger partial charge >= 0.3 is 0 Å². The number of carbonyl (C=O) groups excluding carboxylic acids is 1. The standard InChI is InChI=1S/C10H20N4O/c1-14(2)9(15)8-3-5-10(6-4-8)7-11-13-12-10/h8,11-13H,3-7H2,1-2H3. The first-order valence-electron chi connectivity index (χ1n) is 5.59. The fraction of sp³-hybridized carbons (Fsp3) is 0.900. The van der Waals surface area contributed by atoms with Gasteiger partial charge in [0.1, 0.15) is 0 Å². The molecule has 1 heterocycles. The van der Waals surface area contributed by atoms with Crippen LogP contribution in [0, 0.1) is 5.92 Å². The summed E-state index contributed by atoms with van der Waals surface area (Å²) in [6.45, 7) is 0.954. The van der Waals surface area contributed by atoms with Crippen molar-refractivity contribution in [2.75, 3.05) is 20.6 Å². The topological polar surface area (TPSA) is 56.4 Å². The molecule has 0 aromatic carbocycles. The Bertz CT molecular complexity index is 238. The minimum absolute atomic E-state index is 0.184. The summed E-state index contributed by atoms with van der Waals surface area (Å²) in [7, 11) is 3.67. The van der Waals surface area contributed by atoms with Crippen LogP contribution in [-0.4, -0.2) is 37.0 Å². The first kappa shape index (κ1) is 10.9. The third-order valence-corrected chi connectivity index (χ3v) is 3.58. The van der Waals surface area contributed by atoms with Crippen molar-refractivity contribution in [3.05, 3.63) is 0 Å². The number of rotatable bonds is 1. The van der Waals surface area contributed by atoms with E-state index >= 15 is 0 Å². The Labute approximate surface area is 90.5 Å². The zero-order chi connectivity index (χ0) is 10.9. The number of nitrogens with zero attached hydrogens (tertiary/aromatic N) is 1. The lowest BCUT2D eigenvalue weighted by Gasteiger charge is -2.36. The molecule has 86 valence electrons. The van der Waals surface area contributed by atoms with Crippen molar-refractivity contribution in [2.45, 2.75) is 31.2 Å². The van der Waals surface area contributed by atoms with Gasteiger partial charge in [0.15, 0.2) is 0 Å². The van der Waals surface area contributed by atoms with Gasteiger partial charge in [0.2, 0.25) is 5.91 Å². The Kier molecular flexibility index (Phi) is 2.95. The van der Waals surface area contributed by atoms with Gasteiger partial charge in [0, 0.05) is 32.1 Å². The SMILES string of the molecule is CN(C)C(=O)C1CCC2(CC1)CNNN2. The van der Waals surface area contributed by atoms with Gasteiger partial charge in [-0.15, -0.1) is 0 Å². The molecule has 1 saturated carbocycles. The smallest absolute Gasteiger partial charge is 0.225 e. The molecule has 2 aliphatic rings. The normalized spacial score (nSPS) is 35.7. The highest BCUT2D eigenvalue weighted by atomic mass is 16.2. The zero-order valence-corrected chi connectivity index (χ0v) is 9.47. The second-order valence-corrected chi connectivity index (χ2v) is 4.89. The average Bonchev–Trinajstić information content (AvgIpc) is 2.67. The predicted octanol–water partition coefficient (Wildman–Crippen LogP) is -0.384. The van der Waals surface area contributed by atoms with E-state index in [2.05, 4.69) is 16.4 Å². The van der Waals surface area contributed by atoms with Crippen molar-refractivity contribution in [1.29, 1.82) is 0 Å². The van der Waals surface area contributed by atoms with Crippen molar-refractivity contribution < 1.29 is 4.79 Å². The Morgan fingerprint density at radius 3 is 2.47 bits per heavy atom. The summed E-state index contributed by atoms with van der Waals surface area (Å²) in [4.78, 5) is 13.5. The molecule has 2 rings (SSSR count). The second-order valence-electron chi connectivity index (χ2n) is 4.89. The van der Waals surface area contributed by atoms with Crippen molar-refractivity contribution in [3.8, 4) is 0 Å². The van der Waals surface area contributed by atoms with Gasteiger partial charge in [-0.05, 0) is 25.7 Å². The monoisotopic (exact) mass is 212 g/mol. The minimum Gasteiger partial charge on any atom is -0.349 e. The molecule has 0 aromatic rings. The molecule has 1 saturated heterocycles. The summed E-state index contributed by atoms with van der Waals surface area (Å²) in [5.41, 5.74) is 9.51. The summed E-state index contributed by atoms with van der Waals surface area (Å²) >= 11 is 0. The van der Waals surface area contributed by atoms with E-state index in [1.807, 2.05) is 14.1 Å². The van der Waals surface area contributed by atoms with Gasteiger partial charge in [0.05, 0.1) is 0 Å². The largest absolute Gasteiger partial charge is 0.349 e. The summed E-state index contributed by atoms with van der Waals surface area (Å²) in [6.07, 6.45) is 4.12. The van der Waals surface area contributed by atoms with Crippen LogP contribution < -0.4 is 16.4 Å². The van der Waals surface area contributed by atoms with Crippen LogP contribution in [0.2, 0.25) is 0 Å². The van der Waals surface area contributed by atoms with Crippen molar-refractivity contribution in [1.82, 2.24) is 21.3 Å². The molecule has 15 heavy (non-hydrogen) atoms. The molecule has 1 spiro atoms. The maximum Gasteiger partial charge on any atom is 0.225 e. The fourth-order valence-electron chi connectivity index (χ4n) is 2.52. The Morgan fingerprint density at radius 2 is 2.00 bits per heavy atom. The molecule has 0 bridgehead atoms. The molecular formula is C10H20N4O. The van der Waals surface area contributed by atoms with Crippen molar-refractivity contribution >= 4 is 5.91 Å². The van der Waals surface area contributed by atoms with E-state index in [1.54, 1.807) is 4.90 Å². The summed E-state index contributed by atoms with van der Waals surface area (Å²) in [5.74, 6) is 0.511. The van der Waals surface area contributed by atoms with Crippen LogP contribution in [0.4, 0.5) is 0 Å². The predicted molar refractivity (Wildman–Crippen MR) is 57.7 cm³/mol. The molecule has 1 amide bonds. The number of amides is 1. The van der Waals surface area contributed by atoms with E-state index in [4.69, 9.17) is 0 Å². The quantitative estimate of drug-likeness (QED) is 0.554. The lowest BCUT2D eigenvalue weighted by molar-refractivity contribution is -0.134. The summed E-state index contributed by atoms with van der Waals surface area (Å²) in [6, 6.07) is 0. The van der Waals surface area contributed by atoms with E-state index in [0.29, 0.717) is 0 Å². The molecule has 0 atom stereocenters. The van der Waals surface area contributed by atoms with E-state index in [1.165, 1.54) is 0 Å². The molecule has 0 aromatic heterocycles. The first-order valence-corrected chi connectivity index (χ1v) is 5.59. The highest BCUT2D eigenvalue weighted by Crippen LogP contribution is 2.33. The third-order valence-electron chi connectivity index (χ3n) is 3.58. The van der Waals surface area contributed by atoms with Gasteiger partial charge in [0.25, 0.3) is 0 Å². The van der Waals surface area contributed by atoms with Gasteiger partial charge in [-0.25, -0.2) is 10.9 Å². The van der Waals surface area contributed by atoms with E-state index in [-0.39, 0.29) is 17.4 Å². The number of hydrazine groups is 2. The van der Waals surface area contributed by atoms with Crippen LogP contribution in [0.5, 0.6) is 0 Å². The van der Waals surface area contributed by atoms with Gasteiger partial charge in [-0.1, -0.05) is 0 Å². The van der Waals surface area contributed by atoms with Crippen LogP contribution in [0.25, 0.3) is 0 Å². The van der Waals surface area contributed by atoms with Crippen LogP contribution >= 0.6 is 0 Å². The maximum absolute atomic E-state index is 11.8. The Hall–Kier alpha value is -0.650. The summed E-state index contributed by atoms with van der Waals surface area (Å²) < 4.78 is 0. The zero-order valence-electron chi connectivity index (χ0n) is 9.47. The number of hydrogen-bond acceptors (Lipinski definition) is 4. The lowest BCUT2D eigenvalue weighted by Crippen LogP contribution is -2.49. The van der Waals surface area contributed by atoms with Crippen molar-refractivity contribution in [2.24, 2.45) is 5.92 Å². The van der Waals surface area contributed by atoms with Gasteiger partial charge in [-0.3, -0.25) is 4.79 Å². The lowest BCUT2D eigenvalue weighted by atomic mass is 9.76. The fourth-order valence-corrected chi connectivity index (χ4v) is 2.52. The summed E-state index contributed by atoms with van der Waals surface area (Å²) in [5, 5.41) is 0. The minimum atomic E-state index is 0.184. The van der Waals surface area contributed by atoms with Crippen molar-refractivity contribution in [3.63, 3.8) is 0 Å². The molecule has 5 heteroatoms. The molecule has 1 aliphatic carbocycles. The molecule has 0 radical (unpaired) electrons. The van der Waals surface area contributed by atoms with Gasteiger partial charge < -0.3 is 4.90 Å². The highest BCUT2D eigenvalue weighted by Gasteiger charge is 2.39. The molecule has 1 aliphatic heterocycles. The maximum atomic E-state index is 11.8. The van der Waals surface area contributed by atoms with Crippen LogP contribution in [0.1, 0.15) is 25.7 Å². The van der Waals surface area contributed by atoms with Crippen LogP contribution in [0.15, 0.2) is 0 Å². The second kappa shape index (κ2) is 4.08. The average molecular weight is 212 g/mol. The first-order chi connectivity index (χ1) is 7.13. The number of hydrogen-bond donors (Lipinski definition) is 3. The van der Waals surface area contributed by atoms with E-state index in [9.17, 15) is 4.79 Å². The molecule has 2 fully saturated rings. The molecular weight excluding hydrogens is 192 g/mol. The molecule has 5 nitrogen and oxygen atoms in total. The number of nitrogens with one attached hydrogen (secondary N) is 3. The number of carbonyl (C=O) groups is 1. The van der Waals surface area contributed by atoms with Crippen LogP contribution in [0.3, 0.4) is 0 Å². The van der Waals surface area contributed by atoms with Gasteiger partial charge in [-0.2, -0.15) is 5.53 Å². The van der Waals surface area contributed by atoms with Crippen LogP contribution in [-0.2, 0) is 4.79 Å². The highest BCUT2D eigenvalue weighted by molar-refractivity contribution is 5.78. The molecule has 0 unspecified atom stereocenters. The third kappa shape index (κ3) is 2.14. The molecule has 3 N–H and O–H groups in total. The Morgan fingerprint density at radius 1 is 1.33 bits per heavy atom. The Balaban J connectivity index is 1.89. The van der Waals surface area contributed by atoms with E-state index in [0.717, 1.165) is 32.2 Å². The van der Waals surface area contributed by atoms with E-state index < -0.39 is 0 Å².